The maximum absolute atomic E-state index is 9.28. The molecule has 0 aromatic carbocycles. The molecule has 15 heavy (non-hydrogen) atoms. The van der Waals surface area contributed by atoms with Crippen molar-refractivity contribution in [1.29, 1.82) is 0 Å². The molecule has 1 fully saturated rings. The van der Waals surface area contributed by atoms with Crippen molar-refractivity contribution in [1.82, 2.24) is 0 Å². The fourth-order valence-corrected chi connectivity index (χ4v) is 3.46. The van der Waals surface area contributed by atoms with Crippen LogP contribution in [-0.4, -0.2) is 46.9 Å². The third kappa shape index (κ3) is 1.44. The van der Waals surface area contributed by atoms with Crippen LogP contribution in [0.5, 0.6) is 0 Å². The first-order chi connectivity index (χ1) is 7.28. The normalized spacial score (nSPS) is 39.2. The average molecular weight is 214 g/mol. The molecule has 2 aliphatic rings. The predicted molar refractivity (Wildman–Crippen MR) is 53.9 cm³/mol. The molecule has 0 spiro atoms. The van der Waals surface area contributed by atoms with Gasteiger partial charge in [0.1, 0.15) is 0 Å². The van der Waals surface area contributed by atoms with E-state index in [1.54, 1.807) is 0 Å². The van der Waals surface area contributed by atoms with Crippen LogP contribution in [0.3, 0.4) is 0 Å². The molecule has 4 nitrogen and oxygen atoms in total. The monoisotopic (exact) mass is 214 g/mol. The molecule has 0 heterocycles. The molecule has 0 saturated heterocycles. The predicted octanol–water partition coefficient (Wildman–Crippen LogP) is -0.866. The summed E-state index contributed by atoms with van der Waals surface area (Å²) in [7, 11) is 0. The minimum atomic E-state index is -0.0360. The highest BCUT2D eigenvalue weighted by Crippen LogP contribution is 2.54. The summed E-state index contributed by atoms with van der Waals surface area (Å²) < 4.78 is 0. The van der Waals surface area contributed by atoms with Crippen molar-refractivity contribution in [2.45, 2.75) is 6.42 Å². The van der Waals surface area contributed by atoms with Crippen LogP contribution in [0.2, 0.25) is 0 Å². The number of aliphatic hydroxyl groups is 4. The second kappa shape index (κ2) is 4.22. The Kier molecular flexibility index (Phi) is 3.11. The fraction of sp³-hybridized carbons (Fsp3) is 0.818. The molecule has 2 aliphatic carbocycles. The van der Waals surface area contributed by atoms with E-state index in [0.717, 1.165) is 17.6 Å². The van der Waals surface area contributed by atoms with Crippen LogP contribution in [-0.2, 0) is 0 Å². The Morgan fingerprint density at radius 2 is 1.20 bits per heavy atom. The van der Waals surface area contributed by atoms with Crippen molar-refractivity contribution in [3.8, 4) is 0 Å². The first kappa shape index (κ1) is 11.1. The Hall–Kier alpha value is -0.420. The van der Waals surface area contributed by atoms with Gasteiger partial charge in [0.05, 0.1) is 13.2 Å². The Labute approximate surface area is 88.9 Å². The van der Waals surface area contributed by atoms with E-state index in [1.165, 1.54) is 0 Å². The number of hydrogen-bond acceptors (Lipinski definition) is 4. The third-order valence-corrected chi connectivity index (χ3v) is 4.16. The van der Waals surface area contributed by atoms with Crippen LogP contribution in [0.1, 0.15) is 6.42 Å². The fourth-order valence-electron chi connectivity index (χ4n) is 3.46. The molecule has 4 unspecified atom stereocenters. The standard InChI is InChI=1S/C11H18O4/c12-2-8-6-1-7(9(8)3-13)11(5-15)10(6)4-14/h6-9,12-15H,1-5H2. The molecule has 4 N–H and O–H groups in total. The molecule has 86 valence electrons. The zero-order chi connectivity index (χ0) is 11.0. The van der Waals surface area contributed by atoms with Crippen molar-refractivity contribution in [3.05, 3.63) is 11.1 Å². The number of fused-ring (bicyclic) bond motifs is 2. The smallest absolute Gasteiger partial charge is 0.0648 e. The molecule has 0 aromatic rings. The third-order valence-electron chi connectivity index (χ3n) is 4.16. The van der Waals surface area contributed by atoms with Crippen LogP contribution in [0.25, 0.3) is 0 Å². The molecule has 1 saturated carbocycles. The van der Waals surface area contributed by atoms with Crippen molar-refractivity contribution < 1.29 is 20.4 Å². The van der Waals surface area contributed by atoms with Crippen molar-refractivity contribution in [3.63, 3.8) is 0 Å². The van der Waals surface area contributed by atoms with E-state index in [-0.39, 0.29) is 50.1 Å². The van der Waals surface area contributed by atoms with Gasteiger partial charge < -0.3 is 20.4 Å². The second-order valence-corrected chi connectivity index (χ2v) is 4.51. The number of hydrogen-bond donors (Lipinski definition) is 4. The van der Waals surface area contributed by atoms with Gasteiger partial charge in [0.15, 0.2) is 0 Å². The lowest BCUT2D eigenvalue weighted by molar-refractivity contribution is 0.0992. The molecule has 4 atom stereocenters. The van der Waals surface area contributed by atoms with E-state index in [9.17, 15) is 20.4 Å². The van der Waals surface area contributed by atoms with Gasteiger partial charge in [-0.2, -0.15) is 0 Å². The van der Waals surface area contributed by atoms with Gasteiger partial charge in [-0.3, -0.25) is 0 Å². The summed E-state index contributed by atoms with van der Waals surface area (Å²) in [6.45, 7) is 0.0284. The van der Waals surface area contributed by atoms with Crippen molar-refractivity contribution >= 4 is 0 Å². The molecule has 0 radical (unpaired) electrons. The summed E-state index contributed by atoms with van der Waals surface area (Å²) in [5.41, 5.74) is 1.79. The molecule has 0 aliphatic heterocycles. The van der Waals surface area contributed by atoms with E-state index in [0.29, 0.717) is 0 Å². The Bertz CT molecular complexity index is 248. The van der Waals surface area contributed by atoms with Crippen LogP contribution in [0.15, 0.2) is 11.1 Å². The van der Waals surface area contributed by atoms with Crippen LogP contribution < -0.4 is 0 Å². The SMILES string of the molecule is OCC1=C(CO)C2CC1C(CO)C2CO. The first-order valence-corrected chi connectivity index (χ1v) is 5.43. The Morgan fingerprint density at radius 3 is 1.47 bits per heavy atom. The van der Waals surface area contributed by atoms with Crippen molar-refractivity contribution in [2.24, 2.45) is 23.7 Å². The quantitative estimate of drug-likeness (QED) is 0.459. The molecular formula is C11H18O4. The van der Waals surface area contributed by atoms with Gasteiger partial charge >= 0.3 is 0 Å². The largest absolute Gasteiger partial charge is 0.396 e. The maximum atomic E-state index is 9.28. The van der Waals surface area contributed by atoms with E-state index in [1.807, 2.05) is 0 Å². The number of aliphatic hydroxyl groups excluding tert-OH is 4. The van der Waals surface area contributed by atoms with Crippen LogP contribution in [0, 0.1) is 23.7 Å². The summed E-state index contributed by atoms with van der Waals surface area (Å²) in [5, 5.41) is 37.1. The van der Waals surface area contributed by atoms with Crippen molar-refractivity contribution in [2.75, 3.05) is 26.4 Å². The topological polar surface area (TPSA) is 80.9 Å². The van der Waals surface area contributed by atoms with Gasteiger partial charge in [0, 0.05) is 13.2 Å². The summed E-state index contributed by atoms with van der Waals surface area (Å²) in [5.74, 6) is 0.420. The van der Waals surface area contributed by atoms with E-state index >= 15 is 0 Å². The minimum absolute atomic E-state index is 0.0360. The minimum Gasteiger partial charge on any atom is -0.396 e. The van der Waals surface area contributed by atoms with Gasteiger partial charge in [-0.1, -0.05) is 0 Å². The summed E-state index contributed by atoms with van der Waals surface area (Å²) >= 11 is 0. The zero-order valence-corrected chi connectivity index (χ0v) is 8.63. The highest BCUT2D eigenvalue weighted by molar-refractivity contribution is 5.32. The highest BCUT2D eigenvalue weighted by atomic mass is 16.3. The maximum Gasteiger partial charge on any atom is 0.0648 e. The lowest BCUT2D eigenvalue weighted by Gasteiger charge is -2.31. The molecule has 4 heteroatoms. The van der Waals surface area contributed by atoms with Gasteiger partial charge in [-0.25, -0.2) is 0 Å². The first-order valence-electron chi connectivity index (χ1n) is 5.43. The lowest BCUT2D eigenvalue weighted by atomic mass is 9.77. The lowest BCUT2D eigenvalue weighted by Crippen LogP contribution is -2.31. The molecule has 2 bridgehead atoms. The summed E-state index contributed by atoms with van der Waals surface area (Å²) in [4.78, 5) is 0. The van der Waals surface area contributed by atoms with Crippen LogP contribution in [0.4, 0.5) is 0 Å². The molecule has 0 amide bonds. The van der Waals surface area contributed by atoms with E-state index in [4.69, 9.17) is 0 Å². The average Bonchev–Trinajstić information content (AvgIpc) is 2.80. The summed E-state index contributed by atoms with van der Waals surface area (Å²) in [6.07, 6.45) is 0.863. The molecule has 2 rings (SSSR count). The Morgan fingerprint density at radius 1 is 0.800 bits per heavy atom. The van der Waals surface area contributed by atoms with Gasteiger partial charge in [0.2, 0.25) is 0 Å². The van der Waals surface area contributed by atoms with Gasteiger partial charge in [0.25, 0.3) is 0 Å². The van der Waals surface area contributed by atoms with Crippen LogP contribution >= 0.6 is 0 Å². The molecular weight excluding hydrogens is 196 g/mol. The van der Waals surface area contributed by atoms with Gasteiger partial charge in [-0.05, 0) is 41.2 Å². The number of rotatable bonds is 4. The zero-order valence-electron chi connectivity index (χ0n) is 8.63. The Balaban J connectivity index is 2.30. The highest BCUT2D eigenvalue weighted by Gasteiger charge is 2.50. The second-order valence-electron chi connectivity index (χ2n) is 4.51. The van der Waals surface area contributed by atoms with E-state index < -0.39 is 0 Å². The summed E-state index contributed by atoms with van der Waals surface area (Å²) in [6, 6.07) is 0. The van der Waals surface area contributed by atoms with E-state index in [2.05, 4.69) is 0 Å². The van der Waals surface area contributed by atoms with Gasteiger partial charge in [-0.15, -0.1) is 0 Å². The molecule has 0 aromatic heterocycles.